The number of nitrogens with zero attached hydrogens (tertiary/aromatic N) is 1. The van der Waals surface area contributed by atoms with Gasteiger partial charge in [-0.05, 0) is 38.1 Å². The van der Waals surface area contributed by atoms with Crippen LogP contribution in [-0.2, 0) is 17.9 Å². The van der Waals surface area contributed by atoms with Crippen LogP contribution >= 0.6 is 0 Å². The molecule has 0 spiro atoms. The molecular formula is C17H27N3O. The third kappa shape index (κ3) is 3.83. The largest absolute Gasteiger partial charge is 0.351 e. The number of hydrogen-bond acceptors (Lipinski definition) is 3. The third-order valence-corrected chi connectivity index (χ3v) is 4.48. The molecule has 1 saturated carbocycles. The number of nitrogens with one attached hydrogen (secondary N) is 1. The number of nitrogens with two attached hydrogens (primary N) is 1. The standard InChI is InChI=1S/C17H27N3O/c1-20(2)12-15-8-4-3-7-14(15)11-19-16(21)17(13-18)9-5-6-10-17/h3-4,7-8H,5-6,9-13,18H2,1-2H3,(H,19,21). The van der Waals surface area contributed by atoms with E-state index in [-0.39, 0.29) is 11.3 Å². The molecule has 0 aliphatic heterocycles. The molecule has 1 amide bonds. The predicted octanol–water partition coefficient (Wildman–Crippen LogP) is 1.88. The molecule has 0 heterocycles. The minimum atomic E-state index is -0.323. The first-order valence-corrected chi connectivity index (χ1v) is 7.77. The fourth-order valence-electron chi connectivity index (χ4n) is 3.16. The van der Waals surface area contributed by atoms with E-state index in [1.54, 1.807) is 0 Å². The second-order valence-corrected chi connectivity index (χ2v) is 6.38. The second-order valence-electron chi connectivity index (χ2n) is 6.38. The van der Waals surface area contributed by atoms with Crippen LogP contribution in [0.2, 0.25) is 0 Å². The van der Waals surface area contributed by atoms with Crippen LogP contribution in [0.5, 0.6) is 0 Å². The van der Waals surface area contributed by atoms with E-state index < -0.39 is 0 Å². The van der Waals surface area contributed by atoms with E-state index in [2.05, 4.69) is 36.4 Å². The molecule has 1 aliphatic carbocycles. The Kier molecular flexibility index (Phi) is 5.37. The number of carbonyl (C=O) groups excluding carboxylic acids is 1. The molecule has 1 fully saturated rings. The zero-order chi connectivity index (χ0) is 15.3. The summed E-state index contributed by atoms with van der Waals surface area (Å²) in [6.45, 7) is 1.93. The fraction of sp³-hybridized carbons (Fsp3) is 0.588. The van der Waals surface area contributed by atoms with Crippen molar-refractivity contribution in [3.8, 4) is 0 Å². The lowest BCUT2D eigenvalue weighted by Crippen LogP contribution is -2.44. The molecule has 0 aromatic heterocycles. The average molecular weight is 289 g/mol. The quantitative estimate of drug-likeness (QED) is 0.841. The van der Waals surface area contributed by atoms with Gasteiger partial charge in [-0.3, -0.25) is 4.79 Å². The third-order valence-electron chi connectivity index (χ3n) is 4.48. The summed E-state index contributed by atoms with van der Waals surface area (Å²) in [6.07, 6.45) is 4.08. The van der Waals surface area contributed by atoms with Crippen molar-refractivity contribution < 1.29 is 4.79 Å². The zero-order valence-electron chi connectivity index (χ0n) is 13.2. The molecular weight excluding hydrogens is 262 g/mol. The average Bonchev–Trinajstić information content (AvgIpc) is 2.95. The summed E-state index contributed by atoms with van der Waals surface area (Å²) in [6, 6.07) is 8.27. The maximum atomic E-state index is 12.5. The van der Waals surface area contributed by atoms with Gasteiger partial charge in [0.2, 0.25) is 5.91 Å². The van der Waals surface area contributed by atoms with Crippen molar-refractivity contribution in [2.75, 3.05) is 20.6 Å². The normalized spacial score (nSPS) is 17.1. The molecule has 0 bridgehead atoms. The van der Waals surface area contributed by atoms with Crippen LogP contribution in [0.3, 0.4) is 0 Å². The van der Waals surface area contributed by atoms with E-state index in [0.29, 0.717) is 13.1 Å². The van der Waals surface area contributed by atoms with Crippen LogP contribution in [0.4, 0.5) is 0 Å². The second kappa shape index (κ2) is 7.05. The molecule has 21 heavy (non-hydrogen) atoms. The highest BCUT2D eigenvalue weighted by Gasteiger charge is 2.39. The molecule has 0 saturated heterocycles. The maximum absolute atomic E-state index is 12.5. The summed E-state index contributed by atoms with van der Waals surface area (Å²) in [7, 11) is 4.11. The fourth-order valence-corrected chi connectivity index (χ4v) is 3.16. The van der Waals surface area contributed by atoms with E-state index in [4.69, 9.17) is 5.73 Å². The van der Waals surface area contributed by atoms with Crippen LogP contribution in [-0.4, -0.2) is 31.4 Å². The number of benzene rings is 1. The van der Waals surface area contributed by atoms with Gasteiger partial charge in [0, 0.05) is 19.6 Å². The molecule has 4 nitrogen and oxygen atoms in total. The maximum Gasteiger partial charge on any atom is 0.227 e. The van der Waals surface area contributed by atoms with E-state index in [1.165, 1.54) is 11.1 Å². The van der Waals surface area contributed by atoms with Gasteiger partial charge in [-0.1, -0.05) is 37.1 Å². The minimum absolute atomic E-state index is 0.127. The number of carbonyl (C=O) groups is 1. The van der Waals surface area contributed by atoms with Gasteiger partial charge >= 0.3 is 0 Å². The van der Waals surface area contributed by atoms with E-state index in [1.807, 2.05) is 12.1 Å². The number of rotatable bonds is 6. The molecule has 0 radical (unpaired) electrons. The minimum Gasteiger partial charge on any atom is -0.351 e. The molecule has 1 aromatic carbocycles. The Labute approximate surface area is 127 Å². The molecule has 3 N–H and O–H groups in total. The van der Waals surface area contributed by atoms with Crippen molar-refractivity contribution in [1.82, 2.24) is 10.2 Å². The highest BCUT2D eigenvalue weighted by Crippen LogP contribution is 2.37. The number of hydrogen-bond donors (Lipinski definition) is 2. The SMILES string of the molecule is CN(C)Cc1ccccc1CNC(=O)C1(CN)CCCC1. The molecule has 0 atom stereocenters. The predicted molar refractivity (Wildman–Crippen MR) is 85.6 cm³/mol. The van der Waals surface area contributed by atoms with Crippen LogP contribution in [0.15, 0.2) is 24.3 Å². The van der Waals surface area contributed by atoms with Crippen molar-refractivity contribution in [2.24, 2.45) is 11.1 Å². The molecule has 1 aliphatic rings. The molecule has 116 valence electrons. The Bertz CT molecular complexity index is 479. The first-order valence-electron chi connectivity index (χ1n) is 7.77. The van der Waals surface area contributed by atoms with Crippen molar-refractivity contribution in [3.63, 3.8) is 0 Å². The Morgan fingerprint density at radius 1 is 1.24 bits per heavy atom. The van der Waals surface area contributed by atoms with E-state index in [9.17, 15) is 4.79 Å². The highest BCUT2D eigenvalue weighted by molar-refractivity contribution is 5.83. The van der Waals surface area contributed by atoms with Crippen molar-refractivity contribution >= 4 is 5.91 Å². The summed E-state index contributed by atoms with van der Waals surface area (Å²) in [4.78, 5) is 14.6. The van der Waals surface area contributed by atoms with Gasteiger partial charge in [0.05, 0.1) is 5.41 Å². The van der Waals surface area contributed by atoms with Crippen molar-refractivity contribution in [2.45, 2.75) is 38.8 Å². The van der Waals surface area contributed by atoms with Gasteiger partial charge in [-0.15, -0.1) is 0 Å². The molecule has 2 rings (SSSR count). The lowest BCUT2D eigenvalue weighted by molar-refractivity contribution is -0.130. The number of amides is 1. The summed E-state index contributed by atoms with van der Waals surface area (Å²) in [5.74, 6) is 0.127. The van der Waals surface area contributed by atoms with E-state index in [0.717, 1.165) is 32.2 Å². The lowest BCUT2D eigenvalue weighted by atomic mass is 9.85. The summed E-state index contributed by atoms with van der Waals surface area (Å²) >= 11 is 0. The highest BCUT2D eigenvalue weighted by atomic mass is 16.2. The lowest BCUT2D eigenvalue weighted by Gasteiger charge is -2.26. The van der Waals surface area contributed by atoms with Gasteiger partial charge in [-0.2, -0.15) is 0 Å². The van der Waals surface area contributed by atoms with Crippen LogP contribution < -0.4 is 11.1 Å². The summed E-state index contributed by atoms with van der Waals surface area (Å²) in [5, 5.41) is 3.11. The first kappa shape index (κ1) is 16.0. The van der Waals surface area contributed by atoms with Gasteiger partial charge in [-0.25, -0.2) is 0 Å². The zero-order valence-corrected chi connectivity index (χ0v) is 13.2. The van der Waals surface area contributed by atoms with Crippen LogP contribution in [0, 0.1) is 5.41 Å². The molecule has 0 unspecified atom stereocenters. The van der Waals surface area contributed by atoms with Gasteiger partial charge < -0.3 is 16.0 Å². The molecule has 1 aromatic rings. The summed E-state index contributed by atoms with van der Waals surface area (Å²) < 4.78 is 0. The Hall–Kier alpha value is -1.39. The smallest absolute Gasteiger partial charge is 0.227 e. The van der Waals surface area contributed by atoms with Crippen LogP contribution in [0.1, 0.15) is 36.8 Å². The van der Waals surface area contributed by atoms with Crippen molar-refractivity contribution in [3.05, 3.63) is 35.4 Å². The van der Waals surface area contributed by atoms with Gasteiger partial charge in [0.1, 0.15) is 0 Å². The Morgan fingerprint density at radius 3 is 2.43 bits per heavy atom. The summed E-state index contributed by atoms with van der Waals surface area (Å²) in [5.41, 5.74) is 7.99. The van der Waals surface area contributed by atoms with Gasteiger partial charge in [0.15, 0.2) is 0 Å². The van der Waals surface area contributed by atoms with Crippen molar-refractivity contribution in [1.29, 1.82) is 0 Å². The first-order chi connectivity index (χ1) is 10.1. The Balaban J connectivity index is 2.01. The monoisotopic (exact) mass is 289 g/mol. The van der Waals surface area contributed by atoms with E-state index >= 15 is 0 Å². The van der Waals surface area contributed by atoms with Crippen LogP contribution in [0.25, 0.3) is 0 Å². The molecule has 4 heteroatoms. The topological polar surface area (TPSA) is 58.4 Å². The van der Waals surface area contributed by atoms with Gasteiger partial charge in [0.25, 0.3) is 0 Å². The Morgan fingerprint density at radius 2 is 1.86 bits per heavy atom.